The molecule has 0 aromatic rings. The van der Waals surface area contributed by atoms with Crippen molar-refractivity contribution in [1.82, 2.24) is 5.43 Å². The molecule has 2 atom stereocenters. The summed E-state index contributed by atoms with van der Waals surface area (Å²) in [7, 11) is 0. The van der Waals surface area contributed by atoms with Crippen molar-refractivity contribution in [3.05, 3.63) is 0 Å². The largest absolute Gasteiger partial charge is 0.389 e. The summed E-state index contributed by atoms with van der Waals surface area (Å²) >= 11 is 0. The third kappa shape index (κ3) is 1.62. The van der Waals surface area contributed by atoms with Crippen LogP contribution >= 0.6 is 0 Å². The molecule has 1 rings (SSSR count). The predicted octanol–water partition coefficient (Wildman–Crippen LogP) is -1.40. The topological polar surface area (TPSA) is 67.5 Å². The fourth-order valence-electron chi connectivity index (χ4n) is 0.917. The Morgan fingerprint density at radius 2 is 2.44 bits per heavy atom. The number of nitrogens with one attached hydrogen (secondary N) is 1. The standard InChI is InChI=1S/C5H12N2O2/c6-7-4-1-2-9-3-5(4)8/h4-5,7-8H,1-3,6H2/t4-,5-/m0/s1. The quantitative estimate of drug-likeness (QED) is 0.303. The van der Waals surface area contributed by atoms with Crippen molar-refractivity contribution in [3.63, 3.8) is 0 Å². The maximum atomic E-state index is 9.10. The van der Waals surface area contributed by atoms with E-state index in [9.17, 15) is 0 Å². The van der Waals surface area contributed by atoms with Gasteiger partial charge in [0.2, 0.25) is 0 Å². The van der Waals surface area contributed by atoms with Crippen LogP contribution in [0.5, 0.6) is 0 Å². The highest BCUT2D eigenvalue weighted by atomic mass is 16.5. The smallest absolute Gasteiger partial charge is 0.0940 e. The highest BCUT2D eigenvalue weighted by Gasteiger charge is 2.21. The molecule has 0 saturated carbocycles. The van der Waals surface area contributed by atoms with E-state index in [1.54, 1.807) is 0 Å². The first-order valence-corrected chi connectivity index (χ1v) is 3.06. The van der Waals surface area contributed by atoms with Gasteiger partial charge < -0.3 is 9.84 Å². The van der Waals surface area contributed by atoms with Crippen LogP contribution in [0.1, 0.15) is 6.42 Å². The van der Waals surface area contributed by atoms with Crippen LogP contribution in [0.2, 0.25) is 0 Å². The van der Waals surface area contributed by atoms with E-state index in [4.69, 9.17) is 15.7 Å². The monoisotopic (exact) mass is 132 g/mol. The number of ether oxygens (including phenoxy) is 1. The number of hydrazine groups is 1. The number of hydrogen-bond acceptors (Lipinski definition) is 4. The zero-order valence-electron chi connectivity index (χ0n) is 5.21. The lowest BCUT2D eigenvalue weighted by atomic mass is 10.1. The SMILES string of the molecule is NN[C@H]1CCOC[C@@H]1O. The van der Waals surface area contributed by atoms with Gasteiger partial charge in [-0.3, -0.25) is 11.3 Å². The molecule has 1 fully saturated rings. The maximum Gasteiger partial charge on any atom is 0.0940 e. The van der Waals surface area contributed by atoms with Gasteiger partial charge in [-0.25, -0.2) is 0 Å². The number of rotatable bonds is 1. The van der Waals surface area contributed by atoms with Crippen LogP contribution in [0, 0.1) is 0 Å². The van der Waals surface area contributed by atoms with Crippen LogP contribution in [-0.4, -0.2) is 30.5 Å². The van der Waals surface area contributed by atoms with E-state index in [-0.39, 0.29) is 6.04 Å². The number of hydrogen-bond donors (Lipinski definition) is 3. The van der Waals surface area contributed by atoms with E-state index in [0.717, 1.165) is 6.42 Å². The Morgan fingerprint density at radius 1 is 1.67 bits per heavy atom. The summed E-state index contributed by atoms with van der Waals surface area (Å²) in [4.78, 5) is 0. The molecule has 0 unspecified atom stereocenters. The molecule has 4 heteroatoms. The first-order chi connectivity index (χ1) is 4.34. The summed E-state index contributed by atoms with van der Waals surface area (Å²) in [6.45, 7) is 1.08. The van der Waals surface area contributed by atoms with E-state index in [1.165, 1.54) is 0 Å². The Morgan fingerprint density at radius 3 is 2.89 bits per heavy atom. The minimum absolute atomic E-state index is 0.0127. The van der Waals surface area contributed by atoms with Crippen molar-refractivity contribution in [1.29, 1.82) is 0 Å². The lowest BCUT2D eigenvalue weighted by molar-refractivity contribution is -0.0276. The second-order valence-corrected chi connectivity index (χ2v) is 2.20. The minimum atomic E-state index is -0.441. The molecular weight excluding hydrogens is 120 g/mol. The highest BCUT2D eigenvalue weighted by molar-refractivity contribution is 4.76. The Hall–Kier alpha value is -0.160. The summed E-state index contributed by atoms with van der Waals surface area (Å²) in [5, 5.41) is 9.10. The molecule has 4 N–H and O–H groups in total. The molecular formula is C5H12N2O2. The third-order valence-corrected chi connectivity index (χ3v) is 1.54. The van der Waals surface area contributed by atoms with Crippen LogP contribution in [0.25, 0.3) is 0 Å². The van der Waals surface area contributed by atoms with Gasteiger partial charge in [0.1, 0.15) is 0 Å². The molecule has 54 valence electrons. The van der Waals surface area contributed by atoms with Gasteiger partial charge in [-0.1, -0.05) is 0 Å². The van der Waals surface area contributed by atoms with Crippen molar-refractivity contribution in [2.24, 2.45) is 5.84 Å². The zero-order chi connectivity index (χ0) is 6.69. The molecule has 0 aromatic carbocycles. The predicted molar refractivity (Wildman–Crippen MR) is 32.6 cm³/mol. The lowest BCUT2D eigenvalue weighted by Crippen LogP contribution is -2.49. The van der Waals surface area contributed by atoms with E-state index in [0.29, 0.717) is 13.2 Å². The van der Waals surface area contributed by atoms with E-state index in [2.05, 4.69) is 5.43 Å². The first-order valence-electron chi connectivity index (χ1n) is 3.06. The number of aliphatic hydroxyl groups is 1. The van der Waals surface area contributed by atoms with Crippen molar-refractivity contribution in [3.8, 4) is 0 Å². The van der Waals surface area contributed by atoms with Gasteiger partial charge in [0, 0.05) is 6.61 Å². The normalized spacial score (nSPS) is 36.7. The van der Waals surface area contributed by atoms with Gasteiger partial charge in [-0.05, 0) is 6.42 Å². The average molecular weight is 132 g/mol. The third-order valence-electron chi connectivity index (χ3n) is 1.54. The Kier molecular flexibility index (Phi) is 2.41. The summed E-state index contributed by atoms with van der Waals surface area (Å²) in [5.41, 5.74) is 2.52. The van der Waals surface area contributed by atoms with Gasteiger partial charge in [0.15, 0.2) is 0 Å². The average Bonchev–Trinajstić information content (AvgIpc) is 1.89. The molecule has 0 bridgehead atoms. The van der Waals surface area contributed by atoms with Gasteiger partial charge in [-0.15, -0.1) is 0 Å². The Labute approximate surface area is 54.0 Å². The van der Waals surface area contributed by atoms with E-state index >= 15 is 0 Å². The van der Waals surface area contributed by atoms with Crippen LogP contribution < -0.4 is 11.3 Å². The van der Waals surface area contributed by atoms with Crippen LogP contribution in [0.3, 0.4) is 0 Å². The second kappa shape index (κ2) is 3.12. The van der Waals surface area contributed by atoms with Crippen LogP contribution in [0.4, 0.5) is 0 Å². The maximum absolute atomic E-state index is 9.10. The zero-order valence-corrected chi connectivity index (χ0v) is 5.21. The Balaban J connectivity index is 2.30. The highest BCUT2D eigenvalue weighted by Crippen LogP contribution is 2.05. The van der Waals surface area contributed by atoms with Gasteiger partial charge in [0.25, 0.3) is 0 Å². The molecule has 1 aliphatic heterocycles. The minimum Gasteiger partial charge on any atom is -0.389 e. The molecule has 9 heavy (non-hydrogen) atoms. The van der Waals surface area contributed by atoms with Crippen molar-refractivity contribution in [2.75, 3.05) is 13.2 Å². The van der Waals surface area contributed by atoms with Gasteiger partial charge in [-0.2, -0.15) is 0 Å². The van der Waals surface area contributed by atoms with Crippen molar-refractivity contribution < 1.29 is 9.84 Å². The van der Waals surface area contributed by atoms with Gasteiger partial charge >= 0.3 is 0 Å². The molecule has 0 aliphatic carbocycles. The van der Waals surface area contributed by atoms with Crippen molar-refractivity contribution >= 4 is 0 Å². The van der Waals surface area contributed by atoms with Crippen molar-refractivity contribution in [2.45, 2.75) is 18.6 Å². The lowest BCUT2D eigenvalue weighted by Gasteiger charge is -2.26. The van der Waals surface area contributed by atoms with Gasteiger partial charge in [0.05, 0.1) is 18.8 Å². The fourth-order valence-corrected chi connectivity index (χ4v) is 0.917. The molecule has 0 aromatic heterocycles. The molecule has 0 amide bonds. The summed E-state index contributed by atoms with van der Waals surface area (Å²) in [6, 6.07) is 0.0127. The van der Waals surface area contributed by atoms with E-state index < -0.39 is 6.10 Å². The number of nitrogens with two attached hydrogens (primary N) is 1. The molecule has 1 aliphatic rings. The van der Waals surface area contributed by atoms with E-state index in [1.807, 2.05) is 0 Å². The molecule has 1 saturated heterocycles. The fraction of sp³-hybridized carbons (Fsp3) is 1.00. The summed E-state index contributed by atoms with van der Waals surface area (Å²) in [5.74, 6) is 5.13. The van der Waals surface area contributed by atoms with Crippen LogP contribution in [-0.2, 0) is 4.74 Å². The summed E-state index contributed by atoms with van der Waals surface area (Å²) < 4.78 is 4.97. The number of aliphatic hydroxyl groups excluding tert-OH is 1. The molecule has 4 nitrogen and oxygen atoms in total. The summed E-state index contributed by atoms with van der Waals surface area (Å²) in [6.07, 6.45) is 0.348. The molecule has 0 radical (unpaired) electrons. The Bertz CT molecular complexity index is 89.0. The second-order valence-electron chi connectivity index (χ2n) is 2.20. The first kappa shape index (κ1) is 6.95. The molecule has 1 heterocycles. The van der Waals surface area contributed by atoms with Crippen LogP contribution in [0.15, 0.2) is 0 Å². The molecule has 0 spiro atoms.